The molecule has 1 saturated heterocycles. The molecule has 1 atom stereocenters. The number of carbonyl (C=O) groups excluding carboxylic acids is 2. The van der Waals surface area contributed by atoms with Gasteiger partial charge >= 0.3 is 0 Å². The van der Waals surface area contributed by atoms with Gasteiger partial charge in [-0.1, -0.05) is 6.07 Å². The molecule has 0 aromatic carbocycles. The predicted octanol–water partition coefficient (Wildman–Crippen LogP) is 1.71. The molecule has 7 nitrogen and oxygen atoms in total. The van der Waals surface area contributed by atoms with Crippen LogP contribution in [0.3, 0.4) is 0 Å². The third-order valence-corrected chi connectivity index (χ3v) is 5.31. The lowest BCUT2D eigenvalue weighted by Crippen LogP contribution is -2.38. The van der Waals surface area contributed by atoms with E-state index in [1.165, 1.54) is 0 Å². The maximum atomic E-state index is 13.2. The molecule has 1 saturated carbocycles. The van der Waals surface area contributed by atoms with E-state index >= 15 is 0 Å². The Kier molecular flexibility index (Phi) is 5.18. The first kappa shape index (κ1) is 17.7. The molecule has 0 radical (unpaired) electrons. The molecule has 4 rings (SSSR count). The van der Waals surface area contributed by atoms with Gasteiger partial charge in [-0.05, 0) is 30.9 Å². The van der Waals surface area contributed by atoms with Crippen molar-refractivity contribution in [2.75, 3.05) is 13.1 Å². The quantitative estimate of drug-likeness (QED) is 0.712. The Balaban J connectivity index is 1.41. The van der Waals surface area contributed by atoms with Crippen LogP contribution in [-0.2, 0) is 22.7 Å². The lowest BCUT2D eigenvalue weighted by Gasteiger charge is -2.26. The van der Waals surface area contributed by atoms with Crippen molar-refractivity contribution in [1.82, 2.24) is 24.3 Å². The summed E-state index contributed by atoms with van der Waals surface area (Å²) in [6, 6.07) is 4.25. The van der Waals surface area contributed by atoms with Crippen molar-refractivity contribution >= 4 is 11.8 Å². The van der Waals surface area contributed by atoms with Gasteiger partial charge in [-0.25, -0.2) is 4.98 Å². The number of likely N-dealkylation sites (tertiary alicyclic amines) is 1. The monoisotopic (exact) mass is 367 g/mol. The van der Waals surface area contributed by atoms with E-state index in [9.17, 15) is 9.59 Å². The zero-order valence-corrected chi connectivity index (χ0v) is 15.4. The zero-order chi connectivity index (χ0) is 18.6. The van der Waals surface area contributed by atoms with Crippen molar-refractivity contribution in [3.05, 3.63) is 48.8 Å². The highest BCUT2D eigenvalue weighted by atomic mass is 16.2. The van der Waals surface area contributed by atoms with Crippen LogP contribution < -0.4 is 0 Å². The fraction of sp³-hybridized carbons (Fsp3) is 0.500. The van der Waals surface area contributed by atoms with Gasteiger partial charge in [-0.2, -0.15) is 0 Å². The van der Waals surface area contributed by atoms with Gasteiger partial charge < -0.3 is 14.4 Å². The molecule has 1 aliphatic heterocycles. The number of nitrogens with zero attached hydrogens (tertiary/aromatic N) is 5. The van der Waals surface area contributed by atoms with Gasteiger partial charge in [0.05, 0.1) is 12.2 Å². The molecule has 3 heterocycles. The fourth-order valence-corrected chi connectivity index (χ4v) is 3.74. The molecule has 1 aliphatic carbocycles. The number of hydrogen-bond acceptors (Lipinski definition) is 4. The molecule has 2 aromatic rings. The second-order valence-corrected chi connectivity index (χ2v) is 7.45. The largest absolute Gasteiger partial charge is 0.339 e. The number of aromatic nitrogens is 3. The highest BCUT2D eigenvalue weighted by Crippen LogP contribution is 2.33. The molecule has 2 aromatic heterocycles. The topological polar surface area (TPSA) is 71.3 Å². The maximum absolute atomic E-state index is 13.2. The van der Waals surface area contributed by atoms with E-state index in [2.05, 4.69) is 9.97 Å². The van der Waals surface area contributed by atoms with Crippen LogP contribution in [-0.4, -0.2) is 55.3 Å². The number of pyridine rings is 1. The molecule has 7 heteroatoms. The molecule has 2 aliphatic rings. The smallest absolute Gasteiger partial charge is 0.228 e. The van der Waals surface area contributed by atoms with Crippen LogP contribution >= 0.6 is 0 Å². The van der Waals surface area contributed by atoms with Crippen LogP contribution in [0, 0.1) is 5.92 Å². The molecule has 27 heavy (non-hydrogen) atoms. The lowest BCUT2D eigenvalue weighted by atomic mass is 10.1. The first-order valence-corrected chi connectivity index (χ1v) is 9.63. The molecule has 0 spiro atoms. The molecular weight excluding hydrogens is 342 g/mol. The number of rotatable bonds is 8. The molecule has 2 fully saturated rings. The summed E-state index contributed by atoms with van der Waals surface area (Å²) in [5.74, 6) is -0.000376. The minimum absolute atomic E-state index is 0.0842. The summed E-state index contributed by atoms with van der Waals surface area (Å²) in [4.78, 5) is 37.5. The molecule has 0 unspecified atom stereocenters. The summed E-state index contributed by atoms with van der Waals surface area (Å²) in [7, 11) is 0. The highest BCUT2D eigenvalue weighted by molar-refractivity contribution is 5.89. The third-order valence-electron chi connectivity index (χ3n) is 5.31. The van der Waals surface area contributed by atoms with E-state index in [0.29, 0.717) is 32.1 Å². The van der Waals surface area contributed by atoms with Crippen LogP contribution in [0.15, 0.2) is 43.2 Å². The van der Waals surface area contributed by atoms with Crippen molar-refractivity contribution in [3.63, 3.8) is 0 Å². The average molecular weight is 367 g/mol. The van der Waals surface area contributed by atoms with Crippen molar-refractivity contribution in [1.29, 1.82) is 0 Å². The summed E-state index contributed by atoms with van der Waals surface area (Å²) in [5.41, 5.74) is 1.01. The minimum Gasteiger partial charge on any atom is -0.339 e. The van der Waals surface area contributed by atoms with E-state index in [4.69, 9.17) is 0 Å². The second kappa shape index (κ2) is 7.90. The fourth-order valence-electron chi connectivity index (χ4n) is 3.74. The van der Waals surface area contributed by atoms with Gasteiger partial charge in [-0.15, -0.1) is 0 Å². The van der Waals surface area contributed by atoms with Crippen LogP contribution in [0.4, 0.5) is 0 Å². The lowest BCUT2D eigenvalue weighted by molar-refractivity contribution is -0.136. The highest BCUT2D eigenvalue weighted by Gasteiger charge is 2.42. The summed E-state index contributed by atoms with van der Waals surface area (Å²) in [6.07, 6.45) is 12.4. The van der Waals surface area contributed by atoms with Crippen molar-refractivity contribution in [2.45, 2.75) is 44.8 Å². The number of imidazole rings is 1. The predicted molar refractivity (Wildman–Crippen MR) is 99.3 cm³/mol. The van der Waals surface area contributed by atoms with Crippen molar-refractivity contribution in [2.24, 2.45) is 5.92 Å². The summed E-state index contributed by atoms with van der Waals surface area (Å²) in [5, 5.41) is 0. The Morgan fingerprint density at radius 2 is 2.15 bits per heavy atom. The normalized spacial score (nSPS) is 19.5. The number of aryl methyl sites for hydroxylation is 1. The minimum atomic E-state index is -0.219. The van der Waals surface area contributed by atoms with Crippen LogP contribution in [0.25, 0.3) is 0 Å². The molecular formula is C20H25N5O2. The maximum Gasteiger partial charge on any atom is 0.228 e. The number of carbonyl (C=O) groups is 2. The van der Waals surface area contributed by atoms with E-state index in [1.54, 1.807) is 24.9 Å². The van der Waals surface area contributed by atoms with E-state index in [0.717, 1.165) is 31.4 Å². The Bertz CT molecular complexity index is 773. The molecule has 0 N–H and O–H groups in total. The van der Waals surface area contributed by atoms with E-state index in [-0.39, 0.29) is 17.7 Å². The van der Waals surface area contributed by atoms with Gasteiger partial charge in [0, 0.05) is 63.4 Å². The van der Waals surface area contributed by atoms with Crippen molar-refractivity contribution in [3.8, 4) is 0 Å². The van der Waals surface area contributed by atoms with E-state index < -0.39 is 0 Å². The van der Waals surface area contributed by atoms with Gasteiger partial charge in [0.15, 0.2) is 0 Å². The Morgan fingerprint density at radius 1 is 1.26 bits per heavy atom. The zero-order valence-electron chi connectivity index (χ0n) is 15.4. The van der Waals surface area contributed by atoms with Gasteiger partial charge in [0.25, 0.3) is 0 Å². The second-order valence-electron chi connectivity index (χ2n) is 7.45. The van der Waals surface area contributed by atoms with Crippen LogP contribution in [0.2, 0.25) is 0 Å². The third kappa shape index (κ3) is 4.35. The Morgan fingerprint density at radius 3 is 2.85 bits per heavy atom. The molecule has 0 bridgehead atoms. The number of hydrogen-bond donors (Lipinski definition) is 0. The van der Waals surface area contributed by atoms with E-state index in [1.807, 2.05) is 32.7 Å². The van der Waals surface area contributed by atoms with Gasteiger partial charge in [-0.3, -0.25) is 14.6 Å². The van der Waals surface area contributed by atoms with Gasteiger partial charge in [0.2, 0.25) is 11.8 Å². The first-order valence-electron chi connectivity index (χ1n) is 9.63. The van der Waals surface area contributed by atoms with Gasteiger partial charge in [0.1, 0.15) is 0 Å². The summed E-state index contributed by atoms with van der Waals surface area (Å²) < 4.78 is 2.01. The van der Waals surface area contributed by atoms with Crippen molar-refractivity contribution < 1.29 is 9.59 Å². The first-order chi connectivity index (χ1) is 13.2. The summed E-state index contributed by atoms with van der Waals surface area (Å²) >= 11 is 0. The van der Waals surface area contributed by atoms with Crippen LogP contribution in [0.1, 0.15) is 31.2 Å². The standard InChI is InChI=1S/C20H25N5O2/c26-19-11-17(14-25(19)18-4-5-18)20(27)24(13-16-3-1-6-21-12-16)9-2-8-23-10-7-22-15-23/h1,3,6-7,10,12,15,17-18H,2,4-5,8-9,11,13-14H2/t17-/m1/s1. The number of amides is 2. The average Bonchev–Trinajstić information content (AvgIpc) is 3.24. The molecule has 142 valence electrons. The molecule has 2 amide bonds. The Hall–Kier alpha value is -2.70. The van der Waals surface area contributed by atoms with Crippen LogP contribution in [0.5, 0.6) is 0 Å². The Labute approximate surface area is 159 Å². The SMILES string of the molecule is O=C([C@@H]1CC(=O)N(C2CC2)C1)N(CCCn1ccnc1)Cc1cccnc1. The summed E-state index contributed by atoms with van der Waals surface area (Å²) in [6.45, 7) is 2.58.